The number of carbonyl (C=O) groups excluding carboxylic acids is 1. The normalized spacial score (nSPS) is 21.9. The summed E-state index contributed by atoms with van der Waals surface area (Å²) in [6.07, 6.45) is 5.56. The van der Waals surface area contributed by atoms with E-state index in [0.717, 1.165) is 30.4 Å². The molecule has 2 nitrogen and oxygen atoms in total. The van der Waals surface area contributed by atoms with Gasteiger partial charge in [-0.05, 0) is 30.7 Å². The van der Waals surface area contributed by atoms with Crippen molar-refractivity contribution in [2.24, 2.45) is 5.41 Å². The van der Waals surface area contributed by atoms with Crippen molar-refractivity contribution in [3.8, 4) is 0 Å². The Bertz CT molecular complexity index is 563. The van der Waals surface area contributed by atoms with Crippen LogP contribution in [0.3, 0.4) is 0 Å². The third kappa shape index (κ3) is 3.37. The minimum atomic E-state index is -0.499. The number of allylic oxidation sites excluding steroid dienone is 1. The molecule has 1 aliphatic carbocycles. The van der Waals surface area contributed by atoms with Crippen molar-refractivity contribution in [3.05, 3.63) is 41.5 Å². The topological polar surface area (TPSA) is 37.3 Å². The Labute approximate surface area is 127 Å². The van der Waals surface area contributed by atoms with Crippen LogP contribution >= 0.6 is 0 Å². The van der Waals surface area contributed by atoms with Crippen molar-refractivity contribution >= 4 is 11.5 Å². The van der Waals surface area contributed by atoms with Crippen molar-refractivity contribution < 1.29 is 9.90 Å². The van der Waals surface area contributed by atoms with Crippen LogP contribution in [0.2, 0.25) is 0 Å². The summed E-state index contributed by atoms with van der Waals surface area (Å²) in [5.41, 5.74) is 1.61. The first-order valence-electron chi connectivity index (χ1n) is 7.79. The molecular formula is C19H26O2. The van der Waals surface area contributed by atoms with Gasteiger partial charge in [-0.1, -0.05) is 57.9 Å². The molecule has 2 heteroatoms. The van der Waals surface area contributed by atoms with Gasteiger partial charge in [0.25, 0.3) is 0 Å². The Hall–Kier alpha value is -1.57. The lowest BCUT2D eigenvalue weighted by Crippen LogP contribution is -2.35. The number of benzene rings is 1. The average molecular weight is 286 g/mol. The maximum Gasteiger partial charge on any atom is 0.169 e. The molecule has 114 valence electrons. The highest BCUT2D eigenvalue weighted by atomic mass is 16.3. The molecule has 1 aromatic rings. The fourth-order valence-corrected chi connectivity index (χ4v) is 3.07. The van der Waals surface area contributed by atoms with E-state index in [1.165, 1.54) is 12.5 Å². The van der Waals surface area contributed by atoms with Gasteiger partial charge in [0.2, 0.25) is 0 Å². The van der Waals surface area contributed by atoms with Gasteiger partial charge in [-0.15, -0.1) is 0 Å². The van der Waals surface area contributed by atoms with Crippen LogP contribution in [0.15, 0.2) is 30.3 Å². The van der Waals surface area contributed by atoms with Crippen molar-refractivity contribution in [1.29, 1.82) is 0 Å². The van der Waals surface area contributed by atoms with Crippen LogP contribution in [0.25, 0.3) is 5.76 Å². The summed E-state index contributed by atoms with van der Waals surface area (Å²) in [6, 6.07) is 7.71. The highest BCUT2D eigenvalue weighted by molar-refractivity contribution is 6.06. The van der Waals surface area contributed by atoms with Gasteiger partial charge in [0.1, 0.15) is 5.76 Å². The zero-order valence-electron chi connectivity index (χ0n) is 13.6. The first-order chi connectivity index (χ1) is 9.74. The number of hydrogen-bond acceptors (Lipinski definition) is 2. The van der Waals surface area contributed by atoms with Crippen LogP contribution in [0.5, 0.6) is 0 Å². The second-order valence-corrected chi connectivity index (χ2v) is 7.54. The van der Waals surface area contributed by atoms with E-state index in [0.29, 0.717) is 5.41 Å². The lowest BCUT2D eigenvalue weighted by molar-refractivity contribution is -0.119. The van der Waals surface area contributed by atoms with Gasteiger partial charge in [0, 0.05) is 11.6 Å². The number of ketones is 1. The van der Waals surface area contributed by atoms with Gasteiger partial charge in [-0.2, -0.15) is 0 Å². The zero-order valence-corrected chi connectivity index (χ0v) is 13.6. The zero-order chi connectivity index (χ0) is 15.7. The second-order valence-electron chi connectivity index (χ2n) is 7.54. The Balaban J connectivity index is 2.16. The standard InChI is InChI=1S/C19H26O2/c1-18(2,3)11-7-8-12-19(4)15-10-6-5-9-14(15)16(20)13-17(19)21/h5-6,9-10,13,20H,7-8,11-12H2,1-4H3. The minimum Gasteiger partial charge on any atom is -0.507 e. The largest absolute Gasteiger partial charge is 0.507 e. The van der Waals surface area contributed by atoms with Crippen LogP contribution in [-0.2, 0) is 10.2 Å². The van der Waals surface area contributed by atoms with Crippen LogP contribution < -0.4 is 0 Å². The summed E-state index contributed by atoms with van der Waals surface area (Å²) in [7, 11) is 0. The maximum atomic E-state index is 12.4. The number of carbonyl (C=O) groups is 1. The highest BCUT2D eigenvalue weighted by Gasteiger charge is 2.38. The Kier molecular flexibility index (Phi) is 4.27. The molecule has 0 bridgehead atoms. The molecule has 0 heterocycles. The van der Waals surface area contributed by atoms with Gasteiger partial charge in [0.15, 0.2) is 5.78 Å². The molecule has 1 atom stereocenters. The van der Waals surface area contributed by atoms with E-state index in [9.17, 15) is 9.90 Å². The molecule has 1 aromatic carbocycles. The first-order valence-corrected chi connectivity index (χ1v) is 7.79. The second kappa shape index (κ2) is 5.67. The smallest absolute Gasteiger partial charge is 0.169 e. The van der Waals surface area contributed by atoms with E-state index in [1.54, 1.807) is 0 Å². The van der Waals surface area contributed by atoms with Gasteiger partial charge < -0.3 is 5.11 Å². The van der Waals surface area contributed by atoms with E-state index >= 15 is 0 Å². The number of hydrogen-bond donors (Lipinski definition) is 1. The molecule has 0 aromatic heterocycles. The molecular weight excluding hydrogens is 260 g/mol. The van der Waals surface area contributed by atoms with Crippen molar-refractivity contribution in [2.45, 2.75) is 58.8 Å². The summed E-state index contributed by atoms with van der Waals surface area (Å²) in [6.45, 7) is 8.75. The van der Waals surface area contributed by atoms with Crippen LogP contribution in [0.4, 0.5) is 0 Å². The summed E-state index contributed by atoms with van der Waals surface area (Å²) >= 11 is 0. The first kappa shape index (κ1) is 15.8. The molecule has 0 saturated heterocycles. The number of fused-ring (bicyclic) bond motifs is 1. The van der Waals surface area contributed by atoms with Gasteiger partial charge in [-0.3, -0.25) is 4.79 Å². The van der Waals surface area contributed by atoms with Crippen LogP contribution in [-0.4, -0.2) is 10.9 Å². The predicted molar refractivity (Wildman–Crippen MR) is 87.3 cm³/mol. The SMILES string of the molecule is CC(C)(C)CCCCC1(C)C(=O)C=C(O)c2ccccc21. The predicted octanol–water partition coefficient (Wildman–Crippen LogP) is 5.03. The summed E-state index contributed by atoms with van der Waals surface area (Å²) in [4.78, 5) is 12.4. The molecule has 0 aliphatic heterocycles. The van der Waals surface area contributed by atoms with Gasteiger partial charge >= 0.3 is 0 Å². The fourth-order valence-electron chi connectivity index (χ4n) is 3.07. The minimum absolute atomic E-state index is 0.0226. The number of aliphatic hydroxyl groups excluding tert-OH is 1. The molecule has 0 spiro atoms. The van der Waals surface area contributed by atoms with E-state index < -0.39 is 5.41 Å². The maximum absolute atomic E-state index is 12.4. The lowest BCUT2D eigenvalue weighted by Gasteiger charge is -2.33. The van der Waals surface area contributed by atoms with Crippen molar-refractivity contribution in [2.75, 3.05) is 0 Å². The Morgan fingerprint density at radius 2 is 1.81 bits per heavy atom. The number of aliphatic hydroxyl groups is 1. The summed E-state index contributed by atoms with van der Waals surface area (Å²) < 4.78 is 0. The van der Waals surface area contributed by atoms with E-state index in [4.69, 9.17) is 0 Å². The van der Waals surface area contributed by atoms with Crippen LogP contribution in [0, 0.1) is 5.41 Å². The Morgan fingerprint density at radius 3 is 2.48 bits per heavy atom. The molecule has 1 unspecified atom stereocenters. The van der Waals surface area contributed by atoms with Gasteiger partial charge in [0.05, 0.1) is 5.41 Å². The average Bonchev–Trinajstić information content (AvgIpc) is 2.41. The molecule has 1 N–H and O–H groups in total. The lowest BCUT2D eigenvalue weighted by atomic mass is 9.69. The van der Waals surface area contributed by atoms with Crippen molar-refractivity contribution in [3.63, 3.8) is 0 Å². The molecule has 0 fully saturated rings. The van der Waals surface area contributed by atoms with Gasteiger partial charge in [-0.25, -0.2) is 0 Å². The quantitative estimate of drug-likeness (QED) is 0.788. The molecule has 0 saturated carbocycles. The third-order valence-corrected chi connectivity index (χ3v) is 4.46. The van der Waals surface area contributed by atoms with E-state index in [2.05, 4.69) is 20.8 Å². The number of rotatable bonds is 4. The Morgan fingerprint density at radius 1 is 1.14 bits per heavy atom. The molecule has 0 radical (unpaired) electrons. The third-order valence-electron chi connectivity index (χ3n) is 4.46. The highest BCUT2D eigenvalue weighted by Crippen LogP contribution is 2.39. The fraction of sp³-hybridized carbons (Fsp3) is 0.526. The molecule has 0 amide bonds. The van der Waals surface area contributed by atoms with Crippen LogP contribution in [0.1, 0.15) is 64.5 Å². The molecule has 21 heavy (non-hydrogen) atoms. The van der Waals surface area contributed by atoms with E-state index in [-0.39, 0.29) is 11.5 Å². The number of unbranched alkanes of at least 4 members (excludes halogenated alkanes) is 1. The summed E-state index contributed by atoms with van der Waals surface area (Å²) in [5, 5.41) is 9.98. The molecule has 1 aliphatic rings. The monoisotopic (exact) mass is 286 g/mol. The van der Waals surface area contributed by atoms with E-state index in [1.807, 2.05) is 31.2 Å². The molecule has 2 rings (SSSR count). The summed E-state index contributed by atoms with van der Waals surface area (Å²) in [5.74, 6) is 0.122. The van der Waals surface area contributed by atoms with Crippen molar-refractivity contribution in [1.82, 2.24) is 0 Å².